The molecule has 2 aromatic carbocycles. The molecule has 0 saturated heterocycles. The summed E-state index contributed by atoms with van der Waals surface area (Å²) in [4.78, 5) is 2.45. The van der Waals surface area contributed by atoms with Crippen LogP contribution < -0.4 is 0 Å². The predicted molar refractivity (Wildman–Crippen MR) is 99.9 cm³/mol. The van der Waals surface area contributed by atoms with Crippen molar-refractivity contribution in [1.29, 1.82) is 0 Å². The number of benzene rings is 2. The minimum absolute atomic E-state index is 0.775. The van der Waals surface area contributed by atoms with Crippen LogP contribution in [-0.2, 0) is 6.54 Å². The van der Waals surface area contributed by atoms with Crippen LogP contribution in [0.5, 0.6) is 0 Å². The fourth-order valence-corrected chi connectivity index (χ4v) is 2.90. The normalized spacial score (nSPS) is 15.8. The third kappa shape index (κ3) is 4.97. The number of hydrogen-bond donors (Lipinski definition) is 0. The highest BCUT2D eigenvalue weighted by molar-refractivity contribution is 6.30. The summed E-state index contributed by atoms with van der Waals surface area (Å²) < 4.78 is 0. The summed E-state index contributed by atoms with van der Waals surface area (Å²) in [5.41, 5.74) is 3.88. The number of hydrogen-bond acceptors (Lipinski definition) is 1. The minimum atomic E-state index is 0.775. The standard InChI is InChI=1S/C20H19Cl2N/c21-19-7-3-16(4-8-19)1-2-17-11-13-23(14-12-17)15-18-5-9-20(22)10-6-18/h1-11H,12-15H2. The summed E-state index contributed by atoms with van der Waals surface area (Å²) in [5, 5.41) is 1.57. The molecule has 0 N–H and O–H groups in total. The summed E-state index contributed by atoms with van der Waals surface area (Å²) in [5.74, 6) is 0. The molecule has 0 amide bonds. The van der Waals surface area contributed by atoms with E-state index < -0.39 is 0 Å². The molecule has 23 heavy (non-hydrogen) atoms. The van der Waals surface area contributed by atoms with Gasteiger partial charge in [0.15, 0.2) is 0 Å². The number of rotatable bonds is 4. The van der Waals surface area contributed by atoms with Crippen molar-refractivity contribution in [3.05, 3.63) is 87.4 Å². The maximum Gasteiger partial charge on any atom is 0.0406 e. The number of allylic oxidation sites excluding steroid dienone is 1. The van der Waals surface area contributed by atoms with Crippen molar-refractivity contribution in [3.8, 4) is 0 Å². The first-order valence-electron chi connectivity index (χ1n) is 7.78. The van der Waals surface area contributed by atoms with E-state index in [9.17, 15) is 0 Å². The largest absolute Gasteiger partial charge is 0.295 e. The zero-order valence-electron chi connectivity index (χ0n) is 12.9. The third-order valence-electron chi connectivity index (χ3n) is 4.01. The average Bonchev–Trinajstić information content (AvgIpc) is 2.58. The number of halogens is 2. The van der Waals surface area contributed by atoms with Crippen molar-refractivity contribution in [1.82, 2.24) is 4.90 Å². The van der Waals surface area contributed by atoms with E-state index in [1.807, 2.05) is 36.4 Å². The number of nitrogens with zero attached hydrogens (tertiary/aromatic N) is 1. The first-order chi connectivity index (χ1) is 11.2. The highest BCUT2D eigenvalue weighted by Gasteiger charge is 2.10. The topological polar surface area (TPSA) is 3.24 Å². The van der Waals surface area contributed by atoms with Gasteiger partial charge in [0, 0.05) is 29.7 Å². The highest BCUT2D eigenvalue weighted by atomic mass is 35.5. The quantitative estimate of drug-likeness (QED) is 0.674. The van der Waals surface area contributed by atoms with Gasteiger partial charge in [-0.3, -0.25) is 4.90 Å². The maximum absolute atomic E-state index is 5.93. The fraction of sp³-hybridized carbons (Fsp3) is 0.200. The first-order valence-corrected chi connectivity index (χ1v) is 8.54. The lowest BCUT2D eigenvalue weighted by molar-refractivity contribution is 0.287. The van der Waals surface area contributed by atoms with Crippen LogP contribution in [0, 0.1) is 0 Å². The van der Waals surface area contributed by atoms with Crippen LogP contribution in [0.3, 0.4) is 0 Å². The molecule has 0 aromatic heterocycles. The Labute approximate surface area is 147 Å². The Bertz CT molecular complexity index is 699. The van der Waals surface area contributed by atoms with Crippen molar-refractivity contribution in [2.45, 2.75) is 13.0 Å². The molecule has 0 fully saturated rings. The Hall–Kier alpha value is -1.54. The minimum Gasteiger partial charge on any atom is -0.295 e. The van der Waals surface area contributed by atoms with Gasteiger partial charge in [-0.05, 0) is 47.4 Å². The average molecular weight is 344 g/mol. The summed E-state index contributed by atoms with van der Waals surface area (Å²) in [6.07, 6.45) is 7.75. The van der Waals surface area contributed by atoms with E-state index in [0.717, 1.165) is 36.1 Å². The van der Waals surface area contributed by atoms with Gasteiger partial charge in [-0.15, -0.1) is 0 Å². The maximum atomic E-state index is 5.93. The molecule has 1 heterocycles. The smallest absolute Gasteiger partial charge is 0.0406 e. The van der Waals surface area contributed by atoms with Crippen LogP contribution >= 0.6 is 23.2 Å². The summed E-state index contributed by atoms with van der Waals surface area (Å²) >= 11 is 11.8. The van der Waals surface area contributed by atoms with Crippen LogP contribution in [0.2, 0.25) is 10.0 Å². The van der Waals surface area contributed by atoms with E-state index in [-0.39, 0.29) is 0 Å². The summed E-state index contributed by atoms with van der Waals surface area (Å²) in [6.45, 7) is 3.05. The molecule has 1 nitrogen and oxygen atoms in total. The van der Waals surface area contributed by atoms with E-state index in [1.165, 1.54) is 16.7 Å². The van der Waals surface area contributed by atoms with Gasteiger partial charge in [0.1, 0.15) is 0 Å². The van der Waals surface area contributed by atoms with Crippen molar-refractivity contribution in [3.63, 3.8) is 0 Å². The molecule has 3 rings (SSSR count). The lowest BCUT2D eigenvalue weighted by Crippen LogP contribution is -2.27. The van der Waals surface area contributed by atoms with Gasteiger partial charge in [0.2, 0.25) is 0 Å². The summed E-state index contributed by atoms with van der Waals surface area (Å²) in [6, 6.07) is 16.0. The van der Waals surface area contributed by atoms with Crippen LogP contribution in [0.25, 0.3) is 6.08 Å². The lowest BCUT2D eigenvalue weighted by Gasteiger charge is -2.25. The Morgan fingerprint density at radius 3 is 2.13 bits per heavy atom. The lowest BCUT2D eigenvalue weighted by atomic mass is 10.1. The molecule has 1 aliphatic heterocycles. The van der Waals surface area contributed by atoms with E-state index in [4.69, 9.17) is 23.2 Å². The molecular formula is C20H19Cl2N. The van der Waals surface area contributed by atoms with E-state index in [0.29, 0.717) is 0 Å². The van der Waals surface area contributed by atoms with Gasteiger partial charge >= 0.3 is 0 Å². The summed E-state index contributed by atoms with van der Waals surface area (Å²) in [7, 11) is 0. The molecule has 0 saturated carbocycles. The van der Waals surface area contributed by atoms with E-state index in [2.05, 4.69) is 35.3 Å². The SMILES string of the molecule is Clc1ccc(C=CC2=CCN(Cc3ccc(Cl)cc3)CC2)cc1. The van der Waals surface area contributed by atoms with Crippen LogP contribution in [0.1, 0.15) is 17.5 Å². The zero-order chi connectivity index (χ0) is 16.1. The molecule has 0 radical (unpaired) electrons. The van der Waals surface area contributed by atoms with E-state index in [1.54, 1.807) is 0 Å². The molecule has 0 aliphatic carbocycles. The second-order valence-electron chi connectivity index (χ2n) is 5.78. The van der Waals surface area contributed by atoms with Gasteiger partial charge in [0.05, 0.1) is 0 Å². The van der Waals surface area contributed by atoms with Crippen molar-refractivity contribution >= 4 is 29.3 Å². The second-order valence-corrected chi connectivity index (χ2v) is 6.65. The van der Waals surface area contributed by atoms with Gasteiger partial charge < -0.3 is 0 Å². The Morgan fingerprint density at radius 1 is 0.870 bits per heavy atom. The van der Waals surface area contributed by atoms with Crippen LogP contribution in [-0.4, -0.2) is 18.0 Å². The third-order valence-corrected chi connectivity index (χ3v) is 4.51. The van der Waals surface area contributed by atoms with Gasteiger partial charge in [0.25, 0.3) is 0 Å². The molecule has 118 valence electrons. The highest BCUT2D eigenvalue weighted by Crippen LogP contribution is 2.18. The molecule has 3 heteroatoms. The van der Waals surface area contributed by atoms with Crippen LogP contribution in [0.15, 0.2) is 66.3 Å². The second kappa shape index (κ2) is 7.83. The molecule has 0 atom stereocenters. The zero-order valence-corrected chi connectivity index (χ0v) is 14.4. The van der Waals surface area contributed by atoms with Gasteiger partial charge in [-0.1, -0.05) is 65.7 Å². The molecule has 1 aliphatic rings. The van der Waals surface area contributed by atoms with Crippen LogP contribution in [0.4, 0.5) is 0 Å². The van der Waals surface area contributed by atoms with E-state index >= 15 is 0 Å². The van der Waals surface area contributed by atoms with Crippen molar-refractivity contribution < 1.29 is 0 Å². The van der Waals surface area contributed by atoms with Crippen molar-refractivity contribution in [2.24, 2.45) is 0 Å². The fourth-order valence-electron chi connectivity index (χ4n) is 2.65. The molecule has 0 spiro atoms. The predicted octanol–water partition coefficient (Wildman–Crippen LogP) is 5.84. The van der Waals surface area contributed by atoms with Gasteiger partial charge in [-0.25, -0.2) is 0 Å². The first kappa shape index (κ1) is 16.3. The molecule has 2 aromatic rings. The molecular weight excluding hydrogens is 325 g/mol. The Morgan fingerprint density at radius 2 is 1.52 bits per heavy atom. The monoisotopic (exact) mass is 343 g/mol. The van der Waals surface area contributed by atoms with Crippen molar-refractivity contribution in [2.75, 3.05) is 13.1 Å². The Balaban J connectivity index is 1.55. The molecule has 0 bridgehead atoms. The van der Waals surface area contributed by atoms with Gasteiger partial charge in [-0.2, -0.15) is 0 Å². The molecule has 0 unspecified atom stereocenters. The Kier molecular flexibility index (Phi) is 5.56.